The Labute approximate surface area is 191 Å². The fourth-order valence-corrected chi connectivity index (χ4v) is 5.42. The minimum absolute atomic E-state index is 0.267. The summed E-state index contributed by atoms with van der Waals surface area (Å²) in [6, 6.07) is 0. The van der Waals surface area contributed by atoms with Gasteiger partial charge in [-0.2, -0.15) is 0 Å². The van der Waals surface area contributed by atoms with Gasteiger partial charge in [0, 0.05) is 5.33 Å². The third-order valence-electron chi connectivity index (χ3n) is 7.20. The lowest BCUT2D eigenvalue weighted by Gasteiger charge is -2.36. The molecular formula is C26H47BrOSi. The van der Waals surface area contributed by atoms with Gasteiger partial charge < -0.3 is 4.43 Å². The van der Waals surface area contributed by atoms with Crippen molar-refractivity contribution in [2.45, 2.75) is 112 Å². The summed E-state index contributed by atoms with van der Waals surface area (Å²) in [6.07, 6.45) is 13.4. The Morgan fingerprint density at radius 2 is 1.83 bits per heavy atom. The number of alkyl halides is 1. The summed E-state index contributed by atoms with van der Waals surface area (Å²) in [6.45, 7) is 21.9. The summed E-state index contributed by atoms with van der Waals surface area (Å²) in [4.78, 5) is 0. The van der Waals surface area contributed by atoms with Gasteiger partial charge in [0.05, 0.1) is 6.61 Å². The molecule has 0 atom stereocenters. The van der Waals surface area contributed by atoms with Crippen molar-refractivity contribution < 1.29 is 4.43 Å². The first-order chi connectivity index (χ1) is 13.3. The molecule has 0 N–H and O–H groups in total. The van der Waals surface area contributed by atoms with Crippen LogP contribution < -0.4 is 0 Å². The van der Waals surface area contributed by atoms with Crippen LogP contribution in [0.4, 0.5) is 0 Å². The first-order valence-corrected chi connectivity index (χ1v) is 15.6. The van der Waals surface area contributed by atoms with Crippen LogP contribution in [0.2, 0.25) is 18.1 Å². The van der Waals surface area contributed by atoms with E-state index in [-0.39, 0.29) is 5.04 Å². The van der Waals surface area contributed by atoms with Crippen LogP contribution >= 0.6 is 15.9 Å². The van der Waals surface area contributed by atoms with Crippen LogP contribution in [-0.4, -0.2) is 20.3 Å². The van der Waals surface area contributed by atoms with E-state index in [1.54, 1.807) is 11.1 Å². The van der Waals surface area contributed by atoms with Crippen LogP contribution in [0, 0.1) is 5.41 Å². The van der Waals surface area contributed by atoms with Gasteiger partial charge in [-0.1, -0.05) is 79.4 Å². The molecule has 168 valence electrons. The molecule has 1 rings (SSSR count). The highest BCUT2D eigenvalue weighted by molar-refractivity contribution is 9.09. The van der Waals surface area contributed by atoms with Gasteiger partial charge in [0.1, 0.15) is 0 Å². The number of rotatable bonds is 10. The highest BCUT2D eigenvalue weighted by Gasteiger charge is 2.37. The van der Waals surface area contributed by atoms with Gasteiger partial charge in [-0.3, -0.25) is 0 Å². The van der Waals surface area contributed by atoms with Crippen molar-refractivity contribution in [2.75, 3.05) is 11.9 Å². The average Bonchev–Trinajstić information content (AvgIpc) is 2.57. The van der Waals surface area contributed by atoms with Crippen molar-refractivity contribution in [2.24, 2.45) is 5.41 Å². The van der Waals surface area contributed by atoms with Gasteiger partial charge >= 0.3 is 0 Å². The van der Waals surface area contributed by atoms with Crippen molar-refractivity contribution in [3.63, 3.8) is 0 Å². The van der Waals surface area contributed by atoms with Crippen LogP contribution in [0.1, 0.15) is 93.4 Å². The Bertz CT molecular complexity index is 617. The monoisotopic (exact) mass is 482 g/mol. The van der Waals surface area contributed by atoms with Gasteiger partial charge in [-0.05, 0) is 87.9 Å². The molecule has 1 aliphatic rings. The van der Waals surface area contributed by atoms with Gasteiger partial charge in [0.15, 0.2) is 8.32 Å². The van der Waals surface area contributed by atoms with Crippen molar-refractivity contribution >= 4 is 24.2 Å². The molecule has 0 unspecified atom stereocenters. The van der Waals surface area contributed by atoms with Gasteiger partial charge in [0.2, 0.25) is 0 Å². The molecule has 0 saturated carbocycles. The normalized spacial score (nSPS) is 19.1. The van der Waals surface area contributed by atoms with E-state index >= 15 is 0 Å². The third-order valence-corrected chi connectivity index (χ3v) is 12.0. The minimum atomic E-state index is -1.69. The summed E-state index contributed by atoms with van der Waals surface area (Å²) in [5, 5.41) is 1.18. The zero-order valence-electron chi connectivity index (χ0n) is 20.8. The largest absolute Gasteiger partial charge is 0.413 e. The molecule has 29 heavy (non-hydrogen) atoms. The number of hydrogen-bond donors (Lipinski definition) is 0. The van der Waals surface area contributed by atoms with Crippen LogP contribution in [-0.2, 0) is 4.43 Å². The third kappa shape index (κ3) is 8.87. The van der Waals surface area contributed by atoms with Crippen molar-refractivity contribution in [3.05, 3.63) is 34.4 Å². The molecule has 0 aromatic carbocycles. The molecule has 0 heterocycles. The van der Waals surface area contributed by atoms with Gasteiger partial charge in [-0.25, -0.2) is 0 Å². The van der Waals surface area contributed by atoms with Gasteiger partial charge in [-0.15, -0.1) is 0 Å². The first-order valence-electron chi connectivity index (χ1n) is 11.5. The molecule has 0 aliphatic heterocycles. The second kappa shape index (κ2) is 11.5. The zero-order valence-corrected chi connectivity index (χ0v) is 23.4. The predicted octanol–water partition coefficient (Wildman–Crippen LogP) is 9.36. The molecule has 0 aromatic heterocycles. The lowest BCUT2D eigenvalue weighted by atomic mass is 9.71. The Morgan fingerprint density at radius 3 is 2.38 bits per heavy atom. The molecule has 0 aromatic rings. The van der Waals surface area contributed by atoms with Crippen molar-refractivity contribution in [3.8, 4) is 0 Å². The standard InChI is InChI=1S/C26H47BrOSi/c1-21(15-16-24-22(2)13-11-18-26(24,6)7)12-10-14-23(17-19-27)20-28-29(8,9)25(3,4)5/h12,17H,10-11,13-16,18-20H2,1-9H3/b21-12+,23-17+. The second-order valence-electron chi connectivity index (χ2n) is 11.2. The maximum absolute atomic E-state index is 6.45. The summed E-state index contributed by atoms with van der Waals surface area (Å²) in [7, 11) is -1.69. The molecule has 0 amide bonds. The summed E-state index contributed by atoms with van der Waals surface area (Å²) in [5.41, 5.74) is 6.74. The molecule has 1 aliphatic carbocycles. The zero-order chi connectivity index (χ0) is 22.3. The van der Waals surface area contributed by atoms with Crippen LogP contribution in [0.5, 0.6) is 0 Å². The molecule has 0 spiro atoms. The Hall–Kier alpha value is -0.123. The fraction of sp³-hybridized carbons (Fsp3) is 0.769. The summed E-state index contributed by atoms with van der Waals surface area (Å²) in [5.74, 6) is 0. The second-order valence-corrected chi connectivity index (χ2v) is 16.6. The predicted molar refractivity (Wildman–Crippen MR) is 138 cm³/mol. The van der Waals surface area contributed by atoms with E-state index in [4.69, 9.17) is 4.43 Å². The number of halogens is 1. The van der Waals surface area contributed by atoms with Crippen LogP contribution in [0.15, 0.2) is 34.4 Å². The molecule has 0 radical (unpaired) electrons. The molecule has 0 saturated heterocycles. The number of allylic oxidation sites excluding steroid dienone is 5. The quantitative estimate of drug-likeness (QED) is 0.171. The van der Waals surface area contributed by atoms with Crippen LogP contribution in [0.3, 0.4) is 0 Å². The molecule has 0 fully saturated rings. The van der Waals surface area contributed by atoms with E-state index in [1.807, 2.05) is 0 Å². The van der Waals surface area contributed by atoms with Crippen molar-refractivity contribution in [1.29, 1.82) is 0 Å². The first kappa shape index (κ1) is 26.9. The SMILES string of the molecule is CC1=C(CC/C(C)=C/CC/C(=C\CBr)CO[Si](C)(C)C(C)(C)C)C(C)(C)CCC1. The Balaban J connectivity index is 2.57. The lowest BCUT2D eigenvalue weighted by molar-refractivity contribution is 0.315. The van der Waals surface area contributed by atoms with E-state index in [2.05, 4.69) is 89.6 Å². The van der Waals surface area contributed by atoms with E-state index in [1.165, 1.54) is 43.3 Å². The van der Waals surface area contributed by atoms with E-state index in [0.29, 0.717) is 5.41 Å². The fourth-order valence-electron chi connectivity index (χ4n) is 3.99. The average molecular weight is 484 g/mol. The lowest BCUT2D eigenvalue weighted by Crippen LogP contribution is -2.41. The smallest absolute Gasteiger partial charge is 0.192 e. The topological polar surface area (TPSA) is 9.23 Å². The number of hydrogen-bond acceptors (Lipinski definition) is 1. The highest BCUT2D eigenvalue weighted by Crippen LogP contribution is 2.42. The molecule has 0 bridgehead atoms. The van der Waals surface area contributed by atoms with E-state index in [9.17, 15) is 0 Å². The Kier molecular flexibility index (Phi) is 10.7. The Morgan fingerprint density at radius 1 is 1.17 bits per heavy atom. The molecular weight excluding hydrogens is 436 g/mol. The minimum Gasteiger partial charge on any atom is -0.413 e. The summed E-state index contributed by atoms with van der Waals surface area (Å²) < 4.78 is 6.45. The van der Waals surface area contributed by atoms with Crippen LogP contribution in [0.25, 0.3) is 0 Å². The molecule has 1 nitrogen and oxygen atoms in total. The van der Waals surface area contributed by atoms with E-state index in [0.717, 1.165) is 24.8 Å². The summed E-state index contributed by atoms with van der Waals surface area (Å²) >= 11 is 3.57. The van der Waals surface area contributed by atoms with Crippen molar-refractivity contribution in [1.82, 2.24) is 0 Å². The van der Waals surface area contributed by atoms with E-state index < -0.39 is 8.32 Å². The highest BCUT2D eigenvalue weighted by atomic mass is 79.9. The van der Waals surface area contributed by atoms with Gasteiger partial charge in [0.25, 0.3) is 0 Å². The maximum atomic E-state index is 6.45. The maximum Gasteiger partial charge on any atom is 0.192 e. The molecule has 3 heteroatoms.